The van der Waals surface area contributed by atoms with Crippen molar-refractivity contribution < 1.29 is 4.74 Å². The molecule has 3 rings (SSSR count). The minimum absolute atomic E-state index is 0.723. The molecule has 0 bridgehead atoms. The Morgan fingerprint density at radius 3 is 3.00 bits per heavy atom. The van der Waals surface area contributed by atoms with Crippen LogP contribution in [-0.2, 0) is 13.0 Å². The van der Waals surface area contributed by atoms with Crippen LogP contribution in [0.4, 0.5) is 0 Å². The number of rotatable bonds is 6. The van der Waals surface area contributed by atoms with Crippen molar-refractivity contribution >= 4 is 0 Å². The predicted octanol–water partition coefficient (Wildman–Crippen LogP) is 2.26. The fourth-order valence-corrected chi connectivity index (χ4v) is 2.16. The van der Waals surface area contributed by atoms with E-state index in [9.17, 15) is 0 Å². The first-order valence-electron chi connectivity index (χ1n) is 6.73. The van der Waals surface area contributed by atoms with Gasteiger partial charge in [0.15, 0.2) is 0 Å². The van der Waals surface area contributed by atoms with Crippen molar-refractivity contribution in [2.75, 3.05) is 7.11 Å². The Hall–Kier alpha value is -1.81. The van der Waals surface area contributed by atoms with E-state index in [0.29, 0.717) is 0 Å². The van der Waals surface area contributed by atoms with Crippen LogP contribution in [-0.4, -0.2) is 23.1 Å². The van der Waals surface area contributed by atoms with Gasteiger partial charge >= 0.3 is 0 Å². The van der Waals surface area contributed by atoms with E-state index in [2.05, 4.69) is 21.4 Å². The van der Waals surface area contributed by atoms with Gasteiger partial charge < -0.3 is 15.0 Å². The zero-order valence-corrected chi connectivity index (χ0v) is 11.1. The topological polar surface area (TPSA) is 49.9 Å². The van der Waals surface area contributed by atoms with Gasteiger partial charge in [0.05, 0.1) is 7.11 Å². The predicted molar refractivity (Wildman–Crippen MR) is 74.2 cm³/mol. The molecule has 0 aliphatic heterocycles. The Morgan fingerprint density at radius 2 is 2.21 bits per heavy atom. The Morgan fingerprint density at radius 1 is 1.37 bits per heavy atom. The van der Waals surface area contributed by atoms with E-state index in [1.165, 1.54) is 12.8 Å². The third kappa shape index (κ3) is 3.15. The highest BCUT2D eigenvalue weighted by atomic mass is 16.5. The maximum absolute atomic E-state index is 5.36. The fourth-order valence-electron chi connectivity index (χ4n) is 2.16. The van der Waals surface area contributed by atoms with Gasteiger partial charge in [0.2, 0.25) is 0 Å². The smallest absolute Gasteiger partial charge is 0.122 e. The molecule has 2 aromatic rings. The number of imidazole rings is 1. The van der Waals surface area contributed by atoms with E-state index < -0.39 is 0 Å². The van der Waals surface area contributed by atoms with Crippen LogP contribution in [0, 0.1) is 0 Å². The normalized spacial score (nSPS) is 14.6. The summed E-state index contributed by atoms with van der Waals surface area (Å²) in [5, 5.41) is 3.48. The lowest BCUT2D eigenvalue weighted by Crippen LogP contribution is -2.15. The molecule has 1 fully saturated rings. The molecule has 1 saturated carbocycles. The van der Waals surface area contributed by atoms with E-state index in [0.717, 1.165) is 41.8 Å². The van der Waals surface area contributed by atoms with Crippen LogP contribution in [0.15, 0.2) is 30.5 Å². The highest BCUT2D eigenvalue weighted by Crippen LogP contribution is 2.21. The van der Waals surface area contributed by atoms with E-state index in [-0.39, 0.29) is 0 Å². The summed E-state index contributed by atoms with van der Waals surface area (Å²) in [6, 6.07) is 8.78. The minimum Gasteiger partial charge on any atom is -0.496 e. The van der Waals surface area contributed by atoms with Gasteiger partial charge in [-0.15, -0.1) is 0 Å². The Bertz CT molecular complexity index is 546. The van der Waals surface area contributed by atoms with Gasteiger partial charge in [-0.05, 0) is 18.9 Å². The second-order valence-corrected chi connectivity index (χ2v) is 5.00. The fraction of sp³-hybridized carbons (Fsp3) is 0.400. The number of aromatic amines is 1. The zero-order chi connectivity index (χ0) is 13.1. The molecule has 0 atom stereocenters. The third-order valence-corrected chi connectivity index (χ3v) is 3.39. The van der Waals surface area contributed by atoms with E-state index in [1.54, 1.807) is 7.11 Å². The molecule has 1 aliphatic rings. The molecule has 1 aliphatic carbocycles. The molecular formula is C15H19N3O. The second-order valence-electron chi connectivity index (χ2n) is 5.00. The summed E-state index contributed by atoms with van der Waals surface area (Å²) < 4.78 is 5.36. The lowest BCUT2D eigenvalue weighted by molar-refractivity contribution is 0.410. The Kier molecular flexibility index (Phi) is 3.51. The monoisotopic (exact) mass is 257 g/mol. The summed E-state index contributed by atoms with van der Waals surface area (Å²) in [6.07, 6.45) is 5.30. The molecule has 1 heterocycles. The minimum atomic E-state index is 0.723. The third-order valence-electron chi connectivity index (χ3n) is 3.39. The molecule has 0 saturated heterocycles. The molecular weight excluding hydrogens is 238 g/mol. The number of methoxy groups -OCH3 is 1. The van der Waals surface area contributed by atoms with Crippen LogP contribution in [0.25, 0.3) is 0 Å². The lowest BCUT2D eigenvalue weighted by atomic mass is 10.1. The first-order chi connectivity index (χ1) is 9.35. The van der Waals surface area contributed by atoms with Gasteiger partial charge in [0, 0.05) is 36.5 Å². The summed E-state index contributed by atoms with van der Waals surface area (Å²) in [5.74, 6) is 1.90. The summed E-state index contributed by atoms with van der Waals surface area (Å²) in [7, 11) is 1.70. The van der Waals surface area contributed by atoms with Gasteiger partial charge in [-0.25, -0.2) is 4.98 Å². The quantitative estimate of drug-likeness (QED) is 0.834. The average molecular weight is 257 g/mol. The SMILES string of the molecule is COc1ccccc1Cc1ncc(CNC2CC2)[nH]1. The van der Waals surface area contributed by atoms with Crippen LogP contribution >= 0.6 is 0 Å². The number of hydrogen-bond acceptors (Lipinski definition) is 3. The van der Waals surface area contributed by atoms with Gasteiger partial charge in [0.1, 0.15) is 11.6 Å². The second kappa shape index (κ2) is 5.45. The molecule has 19 heavy (non-hydrogen) atoms. The number of H-pyrrole nitrogens is 1. The highest BCUT2D eigenvalue weighted by molar-refractivity contribution is 5.35. The average Bonchev–Trinajstić information content (AvgIpc) is 3.17. The summed E-state index contributed by atoms with van der Waals surface area (Å²) in [4.78, 5) is 7.80. The van der Waals surface area contributed by atoms with Gasteiger partial charge in [-0.2, -0.15) is 0 Å². The zero-order valence-electron chi connectivity index (χ0n) is 11.1. The molecule has 2 N–H and O–H groups in total. The summed E-state index contributed by atoms with van der Waals surface area (Å²) in [6.45, 7) is 0.879. The molecule has 0 amide bonds. The molecule has 0 unspecified atom stereocenters. The van der Waals surface area contributed by atoms with E-state index in [4.69, 9.17) is 4.74 Å². The number of aromatic nitrogens is 2. The largest absolute Gasteiger partial charge is 0.496 e. The number of nitrogens with one attached hydrogen (secondary N) is 2. The number of hydrogen-bond donors (Lipinski definition) is 2. The number of para-hydroxylation sites is 1. The summed E-state index contributed by atoms with van der Waals surface area (Å²) in [5.41, 5.74) is 2.30. The van der Waals surface area contributed by atoms with Crippen LogP contribution in [0.3, 0.4) is 0 Å². The summed E-state index contributed by atoms with van der Waals surface area (Å²) >= 11 is 0. The van der Waals surface area contributed by atoms with Crippen LogP contribution < -0.4 is 10.1 Å². The van der Waals surface area contributed by atoms with Crippen molar-refractivity contribution in [2.24, 2.45) is 0 Å². The van der Waals surface area contributed by atoms with Crippen molar-refractivity contribution in [2.45, 2.75) is 31.8 Å². The standard InChI is InChI=1S/C15H19N3O/c1-19-14-5-3-2-4-11(14)8-15-17-10-13(18-15)9-16-12-6-7-12/h2-5,10,12,16H,6-9H2,1H3,(H,17,18). The van der Waals surface area contributed by atoms with Crippen LogP contribution in [0.5, 0.6) is 5.75 Å². The molecule has 4 nitrogen and oxygen atoms in total. The van der Waals surface area contributed by atoms with E-state index in [1.807, 2.05) is 24.4 Å². The highest BCUT2D eigenvalue weighted by Gasteiger charge is 2.20. The number of benzene rings is 1. The van der Waals surface area contributed by atoms with Crippen molar-refractivity contribution in [1.29, 1.82) is 0 Å². The van der Waals surface area contributed by atoms with Gasteiger partial charge in [-0.3, -0.25) is 0 Å². The molecule has 1 aromatic heterocycles. The number of nitrogens with zero attached hydrogens (tertiary/aromatic N) is 1. The first-order valence-corrected chi connectivity index (χ1v) is 6.73. The van der Waals surface area contributed by atoms with Crippen LogP contribution in [0.1, 0.15) is 29.9 Å². The van der Waals surface area contributed by atoms with E-state index >= 15 is 0 Å². The van der Waals surface area contributed by atoms with Crippen molar-refractivity contribution in [3.8, 4) is 5.75 Å². The van der Waals surface area contributed by atoms with Crippen molar-refractivity contribution in [3.63, 3.8) is 0 Å². The number of ether oxygens (including phenoxy) is 1. The maximum Gasteiger partial charge on any atom is 0.122 e. The molecule has 100 valence electrons. The molecule has 0 radical (unpaired) electrons. The molecule has 4 heteroatoms. The van der Waals surface area contributed by atoms with Gasteiger partial charge in [0.25, 0.3) is 0 Å². The Labute approximate surface area is 113 Å². The van der Waals surface area contributed by atoms with Gasteiger partial charge in [-0.1, -0.05) is 18.2 Å². The maximum atomic E-state index is 5.36. The first kappa shape index (κ1) is 12.2. The molecule has 0 spiro atoms. The van der Waals surface area contributed by atoms with Crippen molar-refractivity contribution in [1.82, 2.24) is 15.3 Å². The molecule has 1 aromatic carbocycles. The van der Waals surface area contributed by atoms with Crippen molar-refractivity contribution in [3.05, 3.63) is 47.5 Å². The van der Waals surface area contributed by atoms with Crippen LogP contribution in [0.2, 0.25) is 0 Å². The Balaban J connectivity index is 1.65. The lowest BCUT2D eigenvalue weighted by Gasteiger charge is -2.06.